The van der Waals surface area contributed by atoms with Gasteiger partial charge in [-0.2, -0.15) is 0 Å². The molecule has 3 aromatic rings. The first-order chi connectivity index (χ1) is 10.5. The summed E-state index contributed by atoms with van der Waals surface area (Å²) in [7, 11) is 0. The van der Waals surface area contributed by atoms with Gasteiger partial charge in [0.15, 0.2) is 5.13 Å². The summed E-state index contributed by atoms with van der Waals surface area (Å²) >= 11 is 1.49. The molecule has 2 aromatic heterocycles. The van der Waals surface area contributed by atoms with Gasteiger partial charge in [0.1, 0.15) is 11.5 Å². The van der Waals surface area contributed by atoms with Crippen LogP contribution in [0.3, 0.4) is 0 Å². The van der Waals surface area contributed by atoms with Crippen molar-refractivity contribution in [2.45, 2.75) is 33.6 Å². The van der Waals surface area contributed by atoms with E-state index in [0.717, 1.165) is 16.0 Å². The van der Waals surface area contributed by atoms with Gasteiger partial charge in [-0.25, -0.2) is 4.98 Å². The zero-order chi connectivity index (χ0) is 15.9. The molecule has 1 N–H and O–H groups in total. The molecule has 0 aliphatic heterocycles. The van der Waals surface area contributed by atoms with Gasteiger partial charge >= 0.3 is 0 Å². The normalized spacial score (nSPS) is 11.3. The van der Waals surface area contributed by atoms with E-state index in [-0.39, 0.29) is 5.91 Å². The summed E-state index contributed by atoms with van der Waals surface area (Å²) in [6.45, 7) is 7.90. The minimum Gasteiger partial charge on any atom is -0.466 e. The number of benzene rings is 1. The first-order valence-corrected chi connectivity index (χ1v) is 8.05. The van der Waals surface area contributed by atoms with Crippen LogP contribution in [-0.4, -0.2) is 10.9 Å². The Morgan fingerprint density at radius 1 is 1.32 bits per heavy atom. The molecule has 22 heavy (non-hydrogen) atoms. The average Bonchev–Trinajstić information content (AvgIpc) is 3.00. The van der Waals surface area contributed by atoms with Crippen LogP contribution in [0, 0.1) is 13.8 Å². The Kier molecular flexibility index (Phi) is 3.74. The van der Waals surface area contributed by atoms with Gasteiger partial charge < -0.3 is 4.42 Å². The second kappa shape index (κ2) is 5.57. The highest BCUT2D eigenvalue weighted by molar-refractivity contribution is 7.22. The number of hydrogen-bond acceptors (Lipinski definition) is 4. The Labute approximate surface area is 133 Å². The fourth-order valence-electron chi connectivity index (χ4n) is 2.51. The molecule has 0 radical (unpaired) electrons. The number of para-hydroxylation sites is 1. The van der Waals surface area contributed by atoms with Crippen LogP contribution >= 0.6 is 11.3 Å². The van der Waals surface area contributed by atoms with Gasteiger partial charge in [0.2, 0.25) is 0 Å². The predicted molar refractivity (Wildman–Crippen MR) is 89.8 cm³/mol. The fraction of sp³-hybridized carbons (Fsp3) is 0.294. The standard InChI is InChI=1S/C17H18N2O2S/c1-9(2)12-6-5-7-14-15(12)18-17(22-14)19-16(20)13-8-10(3)21-11(13)4/h5-9H,1-4H3,(H,18,19,20). The molecule has 1 amide bonds. The molecule has 5 heteroatoms. The second-order valence-corrected chi connectivity index (χ2v) is 6.68. The number of carbonyl (C=O) groups is 1. The number of aryl methyl sites for hydroxylation is 2. The fourth-order valence-corrected chi connectivity index (χ4v) is 3.41. The highest BCUT2D eigenvalue weighted by atomic mass is 32.1. The zero-order valence-electron chi connectivity index (χ0n) is 13.1. The Balaban J connectivity index is 1.93. The summed E-state index contributed by atoms with van der Waals surface area (Å²) in [5, 5.41) is 3.49. The molecule has 0 fully saturated rings. The minimum atomic E-state index is -0.181. The highest BCUT2D eigenvalue weighted by Crippen LogP contribution is 2.32. The van der Waals surface area contributed by atoms with Gasteiger partial charge in [0, 0.05) is 0 Å². The third-order valence-corrected chi connectivity index (χ3v) is 4.51. The molecular formula is C17H18N2O2S. The molecule has 1 aromatic carbocycles. The number of thiazole rings is 1. The number of anilines is 1. The van der Waals surface area contributed by atoms with Crippen LogP contribution in [0.15, 0.2) is 28.7 Å². The number of nitrogens with zero attached hydrogens (tertiary/aromatic N) is 1. The van der Waals surface area contributed by atoms with Crippen LogP contribution in [0.25, 0.3) is 10.2 Å². The number of fused-ring (bicyclic) bond motifs is 1. The second-order valence-electron chi connectivity index (χ2n) is 5.65. The number of carbonyl (C=O) groups excluding carboxylic acids is 1. The van der Waals surface area contributed by atoms with Gasteiger partial charge in [0.25, 0.3) is 5.91 Å². The Hall–Kier alpha value is -2.14. The van der Waals surface area contributed by atoms with E-state index >= 15 is 0 Å². The van der Waals surface area contributed by atoms with E-state index in [4.69, 9.17) is 4.42 Å². The van der Waals surface area contributed by atoms with E-state index in [1.807, 2.05) is 19.1 Å². The first-order valence-electron chi connectivity index (χ1n) is 7.23. The molecule has 0 aliphatic carbocycles. The van der Waals surface area contributed by atoms with Crippen LogP contribution in [0.1, 0.15) is 47.2 Å². The molecule has 0 saturated heterocycles. The maximum absolute atomic E-state index is 12.3. The smallest absolute Gasteiger partial charge is 0.260 e. The predicted octanol–water partition coefficient (Wildman–Crippen LogP) is 4.88. The van der Waals surface area contributed by atoms with Crippen LogP contribution in [0.4, 0.5) is 5.13 Å². The van der Waals surface area contributed by atoms with Gasteiger partial charge in [0.05, 0.1) is 15.8 Å². The van der Waals surface area contributed by atoms with Crippen molar-refractivity contribution in [3.8, 4) is 0 Å². The van der Waals surface area contributed by atoms with Crippen molar-refractivity contribution in [3.05, 3.63) is 46.9 Å². The molecule has 3 rings (SSSR count). The van der Waals surface area contributed by atoms with E-state index in [1.165, 1.54) is 16.9 Å². The van der Waals surface area contributed by atoms with E-state index in [1.54, 1.807) is 13.0 Å². The molecule has 4 nitrogen and oxygen atoms in total. The molecule has 0 aliphatic rings. The van der Waals surface area contributed by atoms with Crippen molar-refractivity contribution in [2.75, 3.05) is 5.32 Å². The Morgan fingerprint density at radius 3 is 2.73 bits per heavy atom. The molecule has 0 unspecified atom stereocenters. The minimum absolute atomic E-state index is 0.181. The quantitative estimate of drug-likeness (QED) is 0.749. The summed E-state index contributed by atoms with van der Waals surface area (Å²) in [5.74, 6) is 1.57. The molecule has 0 saturated carbocycles. The molecule has 114 valence electrons. The maximum Gasteiger partial charge on any atom is 0.260 e. The monoisotopic (exact) mass is 314 g/mol. The Morgan fingerprint density at radius 2 is 2.09 bits per heavy atom. The van der Waals surface area contributed by atoms with Crippen LogP contribution in [0.5, 0.6) is 0 Å². The molecule has 0 spiro atoms. The molecular weight excluding hydrogens is 296 g/mol. The molecule has 0 bridgehead atoms. The summed E-state index contributed by atoms with van der Waals surface area (Å²) in [6.07, 6.45) is 0. The van der Waals surface area contributed by atoms with E-state index in [2.05, 4.69) is 30.2 Å². The summed E-state index contributed by atoms with van der Waals surface area (Å²) in [4.78, 5) is 16.9. The highest BCUT2D eigenvalue weighted by Gasteiger charge is 2.16. The largest absolute Gasteiger partial charge is 0.466 e. The van der Waals surface area contributed by atoms with Crippen LogP contribution in [-0.2, 0) is 0 Å². The number of furan rings is 1. The lowest BCUT2D eigenvalue weighted by molar-refractivity contribution is 0.102. The zero-order valence-corrected chi connectivity index (χ0v) is 13.9. The third kappa shape index (κ3) is 2.64. The number of amides is 1. The maximum atomic E-state index is 12.3. The van der Waals surface area contributed by atoms with E-state index in [0.29, 0.717) is 22.4 Å². The lowest BCUT2D eigenvalue weighted by Crippen LogP contribution is -2.11. The number of hydrogen-bond donors (Lipinski definition) is 1. The topological polar surface area (TPSA) is 55.1 Å². The van der Waals surface area contributed by atoms with Gasteiger partial charge in [-0.1, -0.05) is 37.3 Å². The summed E-state index contributed by atoms with van der Waals surface area (Å²) in [5.41, 5.74) is 2.73. The van der Waals surface area contributed by atoms with Crippen molar-refractivity contribution >= 4 is 32.6 Å². The third-order valence-electron chi connectivity index (χ3n) is 3.58. The van der Waals surface area contributed by atoms with Crippen molar-refractivity contribution in [2.24, 2.45) is 0 Å². The molecule has 0 atom stereocenters. The Bertz CT molecular complexity index is 846. The van der Waals surface area contributed by atoms with Gasteiger partial charge in [-0.3, -0.25) is 10.1 Å². The van der Waals surface area contributed by atoms with Crippen LogP contribution < -0.4 is 5.32 Å². The summed E-state index contributed by atoms with van der Waals surface area (Å²) in [6, 6.07) is 7.90. The number of rotatable bonds is 3. The van der Waals surface area contributed by atoms with Gasteiger partial charge in [-0.05, 0) is 37.5 Å². The average molecular weight is 314 g/mol. The van der Waals surface area contributed by atoms with Crippen molar-refractivity contribution < 1.29 is 9.21 Å². The number of nitrogens with one attached hydrogen (secondary N) is 1. The van der Waals surface area contributed by atoms with Crippen molar-refractivity contribution in [3.63, 3.8) is 0 Å². The van der Waals surface area contributed by atoms with Crippen LogP contribution in [0.2, 0.25) is 0 Å². The number of aromatic nitrogens is 1. The first kappa shape index (κ1) is 14.8. The lowest BCUT2D eigenvalue weighted by Gasteiger charge is -2.04. The van der Waals surface area contributed by atoms with E-state index < -0.39 is 0 Å². The SMILES string of the molecule is Cc1cc(C(=O)Nc2nc3c(C(C)C)cccc3s2)c(C)o1. The lowest BCUT2D eigenvalue weighted by atomic mass is 10.0. The molecule has 2 heterocycles. The summed E-state index contributed by atoms with van der Waals surface area (Å²) < 4.78 is 6.49. The van der Waals surface area contributed by atoms with E-state index in [9.17, 15) is 4.79 Å². The van der Waals surface area contributed by atoms with Crippen molar-refractivity contribution in [1.29, 1.82) is 0 Å². The van der Waals surface area contributed by atoms with Gasteiger partial charge in [-0.15, -0.1) is 0 Å². The van der Waals surface area contributed by atoms with Crippen molar-refractivity contribution in [1.82, 2.24) is 4.98 Å².